The van der Waals surface area contributed by atoms with Crippen molar-refractivity contribution in [1.29, 1.82) is 0 Å². The van der Waals surface area contributed by atoms with E-state index in [0.717, 1.165) is 10.9 Å². The second kappa shape index (κ2) is 7.74. The van der Waals surface area contributed by atoms with E-state index >= 15 is 0 Å². The number of halogens is 1. The van der Waals surface area contributed by atoms with Crippen molar-refractivity contribution in [1.82, 2.24) is 9.88 Å². The van der Waals surface area contributed by atoms with Gasteiger partial charge in [-0.15, -0.1) is 0 Å². The van der Waals surface area contributed by atoms with E-state index < -0.39 is 17.7 Å². The highest BCUT2D eigenvalue weighted by Crippen LogP contribution is 2.27. The molecule has 1 fully saturated rings. The van der Waals surface area contributed by atoms with Gasteiger partial charge in [0.25, 0.3) is 11.8 Å². The third-order valence-electron chi connectivity index (χ3n) is 4.63. The first-order chi connectivity index (χ1) is 14.3. The van der Waals surface area contributed by atoms with Gasteiger partial charge in [0.15, 0.2) is 5.11 Å². The zero-order valence-electron chi connectivity index (χ0n) is 15.5. The summed E-state index contributed by atoms with van der Waals surface area (Å²) >= 11 is 11.1. The summed E-state index contributed by atoms with van der Waals surface area (Å²) in [6, 6.07) is 13.9. The number of nitrogens with zero attached hydrogens (tertiary/aromatic N) is 2. The predicted octanol–water partition coefficient (Wildman–Crippen LogP) is 2.61. The highest BCUT2D eigenvalue weighted by molar-refractivity contribution is 7.80. The number of fused-ring (bicyclic) bond motifs is 1. The average Bonchev–Trinajstić information content (AvgIpc) is 3.03. The number of amides is 3. The van der Waals surface area contributed by atoms with Crippen LogP contribution < -0.4 is 16.0 Å². The molecular weight excluding hydrogens is 424 g/mol. The fourth-order valence-electron chi connectivity index (χ4n) is 3.33. The van der Waals surface area contributed by atoms with Gasteiger partial charge in [0.2, 0.25) is 5.91 Å². The molecule has 0 spiro atoms. The number of carbonyl (C=O) groups excluding carboxylic acids is 3. The van der Waals surface area contributed by atoms with Crippen molar-refractivity contribution in [2.24, 2.45) is 5.73 Å². The molecule has 30 heavy (non-hydrogen) atoms. The number of nitrogens with one attached hydrogen (secondary N) is 1. The molecule has 0 aliphatic carbocycles. The number of para-hydroxylation sites is 1. The smallest absolute Gasteiger partial charge is 0.270 e. The van der Waals surface area contributed by atoms with Crippen molar-refractivity contribution in [2.45, 2.75) is 6.54 Å². The van der Waals surface area contributed by atoms with E-state index in [1.807, 2.05) is 24.3 Å². The summed E-state index contributed by atoms with van der Waals surface area (Å²) in [4.78, 5) is 38.4. The Kier molecular flexibility index (Phi) is 5.11. The summed E-state index contributed by atoms with van der Waals surface area (Å²) in [5.41, 5.74) is 7.10. The second-order valence-electron chi connectivity index (χ2n) is 6.63. The number of hydrogen-bond acceptors (Lipinski definition) is 4. The Morgan fingerprint density at radius 1 is 1.13 bits per heavy atom. The lowest BCUT2D eigenvalue weighted by atomic mass is 10.1. The van der Waals surface area contributed by atoms with Gasteiger partial charge >= 0.3 is 0 Å². The molecule has 4 rings (SSSR count). The van der Waals surface area contributed by atoms with Gasteiger partial charge in [-0.3, -0.25) is 24.6 Å². The minimum absolute atomic E-state index is 0.0133. The molecule has 3 amide bonds. The molecular formula is C21H15ClN4O3S. The van der Waals surface area contributed by atoms with Gasteiger partial charge < -0.3 is 10.3 Å². The van der Waals surface area contributed by atoms with Gasteiger partial charge in [0.1, 0.15) is 12.1 Å². The number of carbonyl (C=O) groups is 3. The lowest BCUT2D eigenvalue weighted by molar-refractivity contribution is -0.122. The Morgan fingerprint density at radius 3 is 2.53 bits per heavy atom. The lowest BCUT2D eigenvalue weighted by Gasteiger charge is -2.28. The van der Waals surface area contributed by atoms with E-state index in [1.165, 1.54) is 11.0 Å². The second-order valence-corrected chi connectivity index (χ2v) is 7.45. The number of primary amides is 1. The van der Waals surface area contributed by atoms with E-state index in [1.54, 1.807) is 35.0 Å². The van der Waals surface area contributed by atoms with E-state index in [-0.39, 0.29) is 17.2 Å². The van der Waals surface area contributed by atoms with Crippen LogP contribution in [0.3, 0.4) is 0 Å². The van der Waals surface area contributed by atoms with Crippen LogP contribution in [0.25, 0.3) is 17.0 Å². The first-order valence-corrected chi connectivity index (χ1v) is 9.67. The summed E-state index contributed by atoms with van der Waals surface area (Å²) in [6.07, 6.45) is 3.17. The Balaban J connectivity index is 1.80. The van der Waals surface area contributed by atoms with Gasteiger partial charge in [-0.1, -0.05) is 29.8 Å². The van der Waals surface area contributed by atoms with E-state index in [9.17, 15) is 14.4 Å². The fourth-order valence-corrected chi connectivity index (χ4v) is 3.73. The molecule has 2 aromatic carbocycles. The average molecular weight is 439 g/mol. The third-order valence-corrected chi connectivity index (χ3v) is 5.17. The largest absolute Gasteiger partial charge is 0.368 e. The molecule has 1 saturated heterocycles. The number of benzene rings is 2. The molecule has 0 unspecified atom stereocenters. The number of thiocarbonyl (C=S) groups is 1. The highest BCUT2D eigenvalue weighted by atomic mass is 35.5. The van der Waals surface area contributed by atoms with E-state index in [0.29, 0.717) is 16.3 Å². The van der Waals surface area contributed by atoms with Crippen LogP contribution >= 0.6 is 23.8 Å². The lowest BCUT2D eigenvalue weighted by Crippen LogP contribution is -2.54. The SMILES string of the molecule is NC(=O)Cn1cc(/C=C2\C(=O)NC(=S)N(c3ccc(Cl)cc3)C2=O)c2ccccc21. The first kappa shape index (κ1) is 19.8. The molecule has 9 heteroatoms. The van der Waals surface area contributed by atoms with Crippen LogP contribution in [0.4, 0.5) is 5.69 Å². The summed E-state index contributed by atoms with van der Waals surface area (Å²) < 4.78 is 1.68. The molecule has 0 saturated carbocycles. The van der Waals surface area contributed by atoms with E-state index in [2.05, 4.69) is 5.32 Å². The zero-order chi connectivity index (χ0) is 21.4. The van der Waals surface area contributed by atoms with Crippen LogP contribution in [-0.4, -0.2) is 27.4 Å². The molecule has 0 radical (unpaired) electrons. The monoisotopic (exact) mass is 438 g/mol. The normalized spacial score (nSPS) is 15.7. The zero-order valence-corrected chi connectivity index (χ0v) is 17.0. The van der Waals surface area contributed by atoms with Crippen molar-refractivity contribution in [3.8, 4) is 0 Å². The number of hydrogen-bond donors (Lipinski definition) is 2. The van der Waals surface area contributed by atoms with Crippen LogP contribution in [0.15, 0.2) is 60.3 Å². The first-order valence-electron chi connectivity index (χ1n) is 8.88. The Bertz CT molecular complexity index is 1250. The maximum Gasteiger partial charge on any atom is 0.270 e. The molecule has 1 aliphatic rings. The molecule has 150 valence electrons. The predicted molar refractivity (Wildman–Crippen MR) is 119 cm³/mol. The summed E-state index contributed by atoms with van der Waals surface area (Å²) in [5, 5.41) is 3.82. The Labute approximate surface area is 181 Å². The van der Waals surface area contributed by atoms with Gasteiger partial charge in [-0.25, -0.2) is 0 Å². The molecule has 7 nitrogen and oxygen atoms in total. The van der Waals surface area contributed by atoms with Crippen LogP contribution in [0.5, 0.6) is 0 Å². The van der Waals surface area contributed by atoms with Gasteiger partial charge in [-0.2, -0.15) is 0 Å². The molecule has 3 N–H and O–H groups in total. The standard InChI is InChI=1S/C21H15ClN4O3S/c22-13-5-7-14(8-6-13)26-20(29)16(19(28)24-21(26)30)9-12-10-25(11-18(23)27)17-4-2-1-3-15(12)17/h1-10H,11H2,(H2,23,27)(H,24,28,30)/b16-9+. The van der Waals surface area contributed by atoms with E-state index in [4.69, 9.17) is 29.6 Å². The molecule has 1 aliphatic heterocycles. The molecule has 0 bridgehead atoms. The van der Waals surface area contributed by atoms with Crippen LogP contribution in [0.1, 0.15) is 5.56 Å². The van der Waals surface area contributed by atoms with Crippen LogP contribution in [0, 0.1) is 0 Å². The molecule has 0 atom stereocenters. The summed E-state index contributed by atoms with van der Waals surface area (Å²) in [5.74, 6) is -1.65. The number of nitrogens with two attached hydrogens (primary N) is 1. The maximum absolute atomic E-state index is 13.2. The number of aromatic nitrogens is 1. The van der Waals surface area contributed by atoms with Crippen molar-refractivity contribution in [3.05, 3.63) is 70.9 Å². The molecule has 2 heterocycles. The van der Waals surface area contributed by atoms with Crippen LogP contribution in [0.2, 0.25) is 5.02 Å². The third kappa shape index (κ3) is 3.58. The Hall–Kier alpha value is -3.49. The fraction of sp³-hybridized carbons (Fsp3) is 0.0476. The van der Waals surface area contributed by atoms with Gasteiger partial charge in [0, 0.05) is 27.7 Å². The van der Waals surface area contributed by atoms with Gasteiger partial charge in [-0.05, 0) is 48.6 Å². The van der Waals surface area contributed by atoms with Gasteiger partial charge in [0.05, 0.1) is 5.69 Å². The number of rotatable bonds is 4. The maximum atomic E-state index is 13.2. The minimum Gasteiger partial charge on any atom is -0.368 e. The topological polar surface area (TPSA) is 97.4 Å². The van der Waals surface area contributed by atoms with Crippen LogP contribution in [-0.2, 0) is 20.9 Å². The van der Waals surface area contributed by atoms with Crippen molar-refractivity contribution in [2.75, 3.05) is 4.90 Å². The molecule has 1 aromatic heterocycles. The Morgan fingerprint density at radius 2 is 1.83 bits per heavy atom. The van der Waals surface area contributed by atoms with Crippen molar-refractivity contribution in [3.63, 3.8) is 0 Å². The van der Waals surface area contributed by atoms with Crippen molar-refractivity contribution < 1.29 is 14.4 Å². The number of anilines is 1. The van der Waals surface area contributed by atoms with Crippen molar-refractivity contribution >= 4 is 69.3 Å². The quantitative estimate of drug-likeness (QED) is 0.371. The summed E-state index contributed by atoms with van der Waals surface area (Å²) in [7, 11) is 0. The highest BCUT2D eigenvalue weighted by Gasteiger charge is 2.34. The minimum atomic E-state index is -0.595. The summed E-state index contributed by atoms with van der Waals surface area (Å²) in [6.45, 7) is -0.0230. The molecule has 3 aromatic rings.